The molecule has 1 saturated carbocycles. The molecule has 4 rings (SSSR count). The van der Waals surface area contributed by atoms with Crippen LogP contribution in [0.1, 0.15) is 38.7 Å². The van der Waals surface area contributed by atoms with Crippen LogP contribution in [0.25, 0.3) is 11.5 Å². The second-order valence-electron chi connectivity index (χ2n) is 8.42. The smallest absolute Gasteiger partial charge is 0.224 e. The maximum atomic E-state index is 12.8. The van der Waals surface area contributed by atoms with Crippen molar-refractivity contribution in [3.63, 3.8) is 0 Å². The van der Waals surface area contributed by atoms with Crippen molar-refractivity contribution in [2.24, 2.45) is 11.8 Å². The van der Waals surface area contributed by atoms with E-state index >= 15 is 0 Å². The fourth-order valence-corrected chi connectivity index (χ4v) is 3.89. The van der Waals surface area contributed by atoms with E-state index in [2.05, 4.69) is 38.6 Å². The van der Waals surface area contributed by atoms with Gasteiger partial charge in [-0.2, -0.15) is 0 Å². The highest BCUT2D eigenvalue weighted by atomic mass is 16.2. The number of hydrogen-bond acceptors (Lipinski definition) is 5. The van der Waals surface area contributed by atoms with Gasteiger partial charge < -0.3 is 4.90 Å². The lowest BCUT2D eigenvalue weighted by Gasteiger charge is -2.35. The van der Waals surface area contributed by atoms with Crippen LogP contribution in [0.3, 0.4) is 0 Å². The fraction of sp³-hybridized carbons (Fsp3) is 0.545. The van der Waals surface area contributed by atoms with Crippen molar-refractivity contribution >= 4 is 5.91 Å². The normalized spacial score (nSPS) is 21.2. The molecule has 1 amide bonds. The molecule has 0 N–H and O–H groups in total. The third-order valence-corrected chi connectivity index (χ3v) is 5.73. The van der Waals surface area contributed by atoms with Crippen molar-refractivity contribution in [3.8, 4) is 11.5 Å². The molecule has 2 aromatic heterocycles. The standard InChI is InChI=1S/C22H29N5O/c1-16(2)20-15-26(10-8-21(28)27(20)14-17-6-7-17)13-18-11-24-22(25-12-18)19-5-3-4-9-23-19/h3-5,9,11-12,16-17,20H,6-8,10,13-15H2,1-2H3/t20-/m0/s1. The van der Waals surface area contributed by atoms with Crippen LogP contribution in [-0.2, 0) is 11.3 Å². The van der Waals surface area contributed by atoms with Crippen molar-refractivity contribution in [1.29, 1.82) is 0 Å². The molecule has 2 aliphatic rings. The second kappa shape index (κ2) is 8.35. The van der Waals surface area contributed by atoms with Crippen molar-refractivity contribution in [1.82, 2.24) is 24.8 Å². The minimum atomic E-state index is 0.282. The average Bonchev–Trinajstić information content (AvgIpc) is 3.54. The van der Waals surface area contributed by atoms with Crippen molar-refractivity contribution in [2.45, 2.75) is 45.7 Å². The molecule has 2 aromatic rings. The lowest BCUT2D eigenvalue weighted by atomic mass is 10.0. The van der Waals surface area contributed by atoms with E-state index in [0.717, 1.165) is 43.4 Å². The Morgan fingerprint density at radius 3 is 2.57 bits per heavy atom. The zero-order valence-corrected chi connectivity index (χ0v) is 16.8. The zero-order chi connectivity index (χ0) is 19.5. The first kappa shape index (κ1) is 19.0. The van der Waals surface area contributed by atoms with Crippen LogP contribution in [0, 0.1) is 11.8 Å². The summed E-state index contributed by atoms with van der Waals surface area (Å²) in [4.78, 5) is 30.6. The van der Waals surface area contributed by atoms with Gasteiger partial charge in [-0.3, -0.25) is 14.7 Å². The summed E-state index contributed by atoms with van der Waals surface area (Å²) in [5.74, 6) is 2.14. The molecule has 0 spiro atoms. The first-order chi connectivity index (χ1) is 13.6. The minimum absolute atomic E-state index is 0.282. The number of carbonyl (C=O) groups is 1. The van der Waals surface area contributed by atoms with E-state index in [0.29, 0.717) is 24.1 Å². The molecule has 1 saturated heterocycles. The third-order valence-electron chi connectivity index (χ3n) is 5.73. The van der Waals surface area contributed by atoms with Crippen LogP contribution in [0.5, 0.6) is 0 Å². The first-order valence-corrected chi connectivity index (χ1v) is 10.3. The van der Waals surface area contributed by atoms with Gasteiger partial charge >= 0.3 is 0 Å². The maximum Gasteiger partial charge on any atom is 0.224 e. The van der Waals surface area contributed by atoms with Gasteiger partial charge in [-0.15, -0.1) is 0 Å². The van der Waals surface area contributed by atoms with Crippen LogP contribution >= 0.6 is 0 Å². The third kappa shape index (κ3) is 4.55. The summed E-state index contributed by atoms with van der Waals surface area (Å²) in [6.45, 7) is 7.88. The summed E-state index contributed by atoms with van der Waals surface area (Å²) in [7, 11) is 0. The first-order valence-electron chi connectivity index (χ1n) is 10.3. The molecule has 1 aliphatic carbocycles. The Bertz CT molecular complexity index is 788. The van der Waals surface area contributed by atoms with E-state index < -0.39 is 0 Å². The number of hydrogen-bond donors (Lipinski definition) is 0. The van der Waals surface area contributed by atoms with E-state index in [1.165, 1.54) is 12.8 Å². The van der Waals surface area contributed by atoms with Crippen molar-refractivity contribution in [2.75, 3.05) is 19.6 Å². The van der Waals surface area contributed by atoms with Gasteiger partial charge in [0.2, 0.25) is 5.91 Å². The van der Waals surface area contributed by atoms with Crippen LogP contribution in [-0.4, -0.2) is 56.3 Å². The summed E-state index contributed by atoms with van der Waals surface area (Å²) in [6.07, 6.45) is 8.67. The summed E-state index contributed by atoms with van der Waals surface area (Å²) >= 11 is 0. The summed E-state index contributed by atoms with van der Waals surface area (Å²) < 4.78 is 0. The highest BCUT2D eigenvalue weighted by Gasteiger charge is 2.35. The van der Waals surface area contributed by atoms with Gasteiger partial charge in [-0.25, -0.2) is 9.97 Å². The molecule has 0 unspecified atom stereocenters. The number of rotatable bonds is 6. The van der Waals surface area contributed by atoms with E-state index in [-0.39, 0.29) is 6.04 Å². The zero-order valence-electron chi connectivity index (χ0n) is 16.8. The van der Waals surface area contributed by atoms with E-state index in [4.69, 9.17) is 0 Å². The molecule has 3 heterocycles. The van der Waals surface area contributed by atoms with Gasteiger partial charge in [0.1, 0.15) is 5.69 Å². The van der Waals surface area contributed by atoms with Crippen LogP contribution in [0.2, 0.25) is 0 Å². The average molecular weight is 380 g/mol. The molecule has 28 heavy (non-hydrogen) atoms. The fourth-order valence-electron chi connectivity index (χ4n) is 3.89. The van der Waals surface area contributed by atoms with Crippen LogP contribution in [0.4, 0.5) is 0 Å². The summed E-state index contributed by atoms with van der Waals surface area (Å²) in [5.41, 5.74) is 1.86. The Labute approximate surface area is 167 Å². The highest BCUT2D eigenvalue weighted by molar-refractivity contribution is 5.77. The molecule has 0 aromatic carbocycles. The Balaban J connectivity index is 1.44. The van der Waals surface area contributed by atoms with Gasteiger partial charge in [-0.05, 0) is 36.8 Å². The Morgan fingerprint density at radius 2 is 1.93 bits per heavy atom. The Kier molecular flexibility index (Phi) is 5.67. The lowest BCUT2D eigenvalue weighted by molar-refractivity contribution is -0.133. The maximum absolute atomic E-state index is 12.8. The largest absolute Gasteiger partial charge is 0.338 e. The lowest BCUT2D eigenvalue weighted by Crippen LogP contribution is -2.47. The molecule has 1 atom stereocenters. The molecule has 2 fully saturated rings. The van der Waals surface area contributed by atoms with Gasteiger partial charge in [-0.1, -0.05) is 19.9 Å². The number of carbonyl (C=O) groups excluding carboxylic acids is 1. The summed E-state index contributed by atoms with van der Waals surface area (Å²) in [5, 5.41) is 0. The topological polar surface area (TPSA) is 62.2 Å². The van der Waals surface area contributed by atoms with Gasteiger partial charge in [0.25, 0.3) is 0 Å². The highest BCUT2D eigenvalue weighted by Crippen LogP contribution is 2.32. The molecule has 0 bridgehead atoms. The van der Waals surface area contributed by atoms with E-state index in [9.17, 15) is 4.79 Å². The van der Waals surface area contributed by atoms with Gasteiger partial charge in [0.15, 0.2) is 5.82 Å². The molecule has 148 valence electrons. The number of aromatic nitrogens is 3. The molecular formula is C22H29N5O. The van der Waals surface area contributed by atoms with Crippen molar-refractivity contribution < 1.29 is 4.79 Å². The number of pyridine rings is 1. The van der Waals surface area contributed by atoms with Crippen LogP contribution in [0.15, 0.2) is 36.8 Å². The summed E-state index contributed by atoms with van der Waals surface area (Å²) in [6, 6.07) is 6.02. The molecule has 1 aliphatic heterocycles. The van der Waals surface area contributed by atoms with E-state index in [1.54, 1.807) is 6.20 Å². The molecular weight excluding hydrogens is 350 g/mol. The van der Waals surface area contributed by atoms with Gasteiger partial charge in [0.05, 0.1) is 0 Å². The SMILES string of the molecule is CC(C)[C@@H]1CN(Cc2cnc(-c3ccccn3)nc2)CCC(=O)N1CC1CC1. The predicted molar refractivity (Wildman–Crippen MR) is 108 cm³/mol. The van der Waals surface area contributed by atoms with E-state index in [1.807, 2.05) is 30.6 Å². The molecule has 0 radical (unpaired) electrons. The predicted octanol–water partition coefficient (Wildman–Crippen LogP) is 3.01. The molecule has 6 nitrogen and oxygen atoms in total. The number of amides is 1. The van der Waals surface area contributed by atoms with Crippen LogP contribution < -0.4 is 0 Å². The minimum Gasteiger partial charge on any atom is -0.338 e. The second-order valence-corrected chi connectivity index (χ2v) is 8.42. The Hall–Kier alpha value is -2.34. The number of nitrogens with zero attached hydrogens (tertiary/aromatic N) is 5. The monoisotopic (exact) mass is 379 g/mol. The van der Waals surface area contributed by atoms with Crippen molar-refractivity contribution in [3.05, 3.63) is 42.4 Å². The Morgan fingerprint density at radius 1 is 1.14 bits per heavy atom. The van der Waals surface area contributed by atoms with Gasteiger partial charge in [0, 0.05) is 62.8 Å². The quantitative estimate of drug-likeness (QED) is 0.772. The molecule has 6 heteroatoms.